The Kier molecular flexibility index (Phi) is 6.11. The highest BCUT2D eigenvalue weighted by Gasteiger charge is 2.12. The molecule has 0 bridgehead atoms. The van der Waals surface area contributed by atoms with E-state index in [0.29, 0.717) is 27.1 Å². The van der Waals surface area contributed by atoms with E-state index < -0.39 is 0 Å². The van der Waals surface area contributed by atoms with E-state index in [4.69, 9.17) is 23.2 Å². The minimum Gasteiger partial charge on any atom is -0.339 e. The zero-order chi connectivity index (χ0) is 21.8. The highest BCUT2D eigenvalue weighted by molar-refractivity contribution is 6.35. The van der Waals surface area contributed by atoms with Gasteiger partial charge in [0.15, 0.2) is 0 Å². The molecule has 0 aliphatic carbocycles. The molecule has 31 heavy (non-hydrogen) atoms. The molecule has 0 saturated heterocycles. The Bertz CT molecular complexity index is 1230. The molecule has 0 radical (unpaired) electrons. The first-order valence-electron chi connectivity index (χ1n) is 9.36. The Morgan fingerprint density at radius 3 is 2.48 bits per heavy atom. The van der Waals surface area contributed by atoms with Crippen LogP contribution in [-0.4, -0.2) is 20.9 Å². The van der Waals surface area contributed by atoms with Gasteiger partial charge in [-0.2, -0.15) is 0 Å². The fourth-order valence-corrected chi connectivity index (χ4v) is 3.54. The van der Waals surface area contributed by atoms with Crippen LogP contribution in [0, 0.1) is 6.92 Å². The summed E-state index contributed by atoms with van der Waals surface area (Å²) in [5.74, 6) is 0.341. The molecule has 0 saturated carbocycles. The van der Waals surface area contributed by atoms with Gasteiger partial charge in [0.1, 0.15) is 12.1 Å². The molecule has 4 aromatic rings. The summed E-state index contributed by atoms with van der Waals surface area (Å²) in [7, 11) is 0. The van der Waals surface area contributed by atoms with Crippen LogP contribution in [-0.2, 0) is 0 Å². The molecule has 2 heterocycles. The second-order valence-corrected chi connectivity index (χ2v) is 7.63. The van der Waals surface area contributed by atoms with Gasteiger partial charge in [-0.05, 0) is 61.0 Å². The number of carbonyl (C=O) groups excluding carboxylic acids is 1. The van der Waals surface area contributed by atoms with Crippen molar-refractivity contribution in [2.24, 2.45) is 0 Å². The third-order valence-corrected chi connectivity index (χ3v) is 4.98. The lowest BCUT2D eigenvalue weighted by atomic mass is 10.1. The van der Waals surface area contributed by atoms with Crippen molar-refractivity contribution in [3.05, 3.63) is 94.5 Å². The van der Waals surface area contributed by atoms with Gasteiger partial charge in [0.25, 0.3) is 5.91 Å². The number of amides is 1. The molecule has 0 aliphatic heterocycles. The van der Waals surface area contributed by atoms with Gasteiger partial charge < -0.3 is 10.6 Å². The van der Waals surface area contributed by atoms with Gasteiger partial charge in [-0.15, -0.1) is 0 Å². The number of halogens is 2. The molecule has 0 spiro atoms. The number of rotatable bonds is 5. The Labute approximate surface area is 189 Å². The third kappa shape index (κ3) is 4.99. The average Bonchev–Trinajstić information content (AvgIpc) is 2.76. The minimum absolute atomic E-state index is 0.307. The van der Waals surface area contributed by atoms with Crippen LogP contribution in [0.4, 0.5) is 17.2 Å². The normalized spacial score (nSPS) is 10.5. The predicted octanol–water partition coefficient (Wildman–Crippen LogP) is 6.15. The quantitative estimate of drug-likeness (QED) is 0.381. The maximum atomic E-state index is 12.6. The number of carbonyl (C=O) groups is 1. The summed E-state index contributed by atoms with van der Waals surface area (Å²) in [6, 6.07) is 15.9. The lowest BCUT2D eigenvalue weighted by molar-refractivity contribution is 0.102. The molecule has 0 fully saturated rings. The maximum absolute atomic E-state index is 12.6. The van der Waals surface area contributed by atoms with Crippen molar-refractivity contribution in [2.45, 2.75) is 6.92 Å². The van der Waals surface area contributed by atoms with Gasteiger partial charge in [0, 0.05) is 44.9 Å². The van der Waals surface area contributed by atoms with Crippen molar-refractivity contribution >= 4 is 46.3 Å². The molecule has 2 N–H and O–H groups in total. The number of pyridine rings is 1. The van der Waals surface area contributed by atoms with E-state index in [2.05, 4.69) is 25.6 Å². The number of nitrogens with one attached hydrogen (secondary N) is 2. The molecule has 8 heteroatoms. The first-order chi connectivity index (χ1) is 15.0. The van der Waals surface area contributed by atoms with Gasteiger partial charge >= 0.3 is 0 Å². The van der Waals surface area contributed by atoms with Crippen LogP contribution in [0.2, 0.25) is 10.0 Å². The van der Waals surface area contributed by atoms with Gasteiger partial charge in [-0.25, -0.2) is 15.0 Å². The van der Waals surface area contributed by atoms with Crippen LogP contribution in [0.25, 0.3) is 11.3 Å². The molecular formula is C23H17Cl2N5O. The zero-order valence-electron chi connectivity index (χ0n) is 16.4. The van der Waals surface area contributed by atoms with Crippen LogP contribution in [0.15, 0.2) is 73.3 Å². The van der Waals surface area contributed by atoms with Gasteiger partial charge in [-0.1, -0.05) is 29.3 Å². The van der Waals surface area contributed by atoms with Crippen LogP contribution in [0.3, 0.4) is 0 Å². The van der Waals surface area contributed by atoms with Crippen molar-refractivity contribution in [3.8, 4) is 11.3 Å². The van der Waals surface area contributed by atoms with Crippen molar-refractivity contribution in [1.29, 1.82) is 0 Å². The number of hydrogen-bond donors (Lipinski definition) is 2. The molecule has 1 amide bonds. The first-order valence-corrected chi connectivity index (χ1v) is 10.1. The number of aromatic nitrogens is 3. The Morgan fingerprint density at radius 1 is 0.935 bits per heavy atom. The highest BCUT2D eigenvalue weighted by atomic mass is 35.5. The van der Waals surface area contributed by atoms with Gasteiger partial charge in [-0.3, -0.25) is 4.79 Å². The Balaban J connectivity index is 1.60. The zero-order valence-corrected chi connectivity index (χ0v) is 17.9. The maximum Gasteiger partial charge on any atom is 0.255 e. The molecule has 2 aromatic heterocycles. The summed E-state index contributed by atoms with van der Waals surface area (Å²) < 4.78 is 0. The SMILES string of the molecule is Cc1ccc(NC(=O)c2cc(Cl)cc(Cl)c2)cc1Nc1ncccc1-c1ccncn1. The van der Waals surface area contributed by atoms with Crippen molar-refractivity contribution < 1.29 is 4.79 Å². The monoisotopic (exact) mass is 449 g/mol. The van der Waals surface area contributed by atoms with Crippen LogP contribution >= 0.6 is 23.2 Å². The average molecular weight is 450 g/mol. The number of hydrogen-bond acceptors (Lipinski definition) is 5. The summed E-state index contributed by atoms with van der Waals surface area (Å²) in [6.45, 7) is 1.97. The van der Waals surface area contributed by atoms with E-state index >= 15 is 0 Å². The van der Waals surface area contributed by atoms with Crippen molar-refractivity contribution in [1.82, 2.24) is 15.0 Å². The summed E-state index contributed by atoms with van der Waals surface area (Å²) in [6.07, 6.45) is 4.88. The summed E-state index contributed by atoms with van der Waals surface area (Å²) in [4.78, 5) is 25.4. The number of benzene rings is 2. The second kappa shape index (κ2) is 9.12. The third-order valence-electron chi connectivity index (χ3n) is 4.54. The lowest BCUT2D eigenvalue weighted by Crippen LogP contribution is -2.12. The largest absolute Gasteiger partial charge is 0.339 e. The summed E-state index contributed by atoms with van der Waals surface area (Å²) in [5.41, 5.74) is 4.38. The standard InChI is InChI=1S/C23H17Cl2N5O/c1-14-4-5-18(29-23(31)15-9-16(24)11-17(25)10-15)12-21(14)30-22-19(3-2-7-27-22)20-6-8-26-13-28-20/h2-13H,1H3,(H,27,30)(H,29,31). The molecule has 4 rings (SSSR count). The van der Waals surface area contributed by atoms with E-state index in [0.717, 1.165) is 22.5 Å². The predicted molar refractivity (Wildman–Crippen MR) is 124 cm³/mol. The van der Waals surface area contributed by atoms with E-state index in [1.807, 2.05) is 43.3 Å². The summed E-state index contributed by atoms with van der Waals surface area (Å²) in [5, 5.41) is 7.02. The van der Waals surface area contributed by atoms with Gasteiger partial charge in [0.2, 0.25) is 0 Å². The van der Waals surface area contributed by atoms with E-state index in [1.54, 1.807) is 30.6 Å². The number of nitrogens with zero attached hydrogens (tertiary/aromatic N) is 3. The van der Waals surface area contributed by atoms with Crippen LogP contribution in [0.5, 0.6) is 0 Å². The Hall–Kier alpha value is -3.48. The molecule has 0 atom stereocenters. The van der Waals surface area contributed by atoms with E-state index in [-0.39, 0.29) is 5.91 Å². The van der Waals surface area contributed by atoms with E-state index in [9.17, 15) is 4.79 Å². The van der Waals surface area contributed by atoms with Gasteiger partial charge in [0.05, 0.1) is 5.69 Å². The minimum atomic E-state index is -0.307. The fraction of sp³-hybridized carbons (Fsp3) is 0.0435. The molecule has 0 aliphatic rings. The lowest BCUT2D eigenvalue weighted by Gasteiger charge is -2.14. The Morgan fingerprint density at radius 2 is 1.74 bits per heavy atom. The first kappa shape index (κ1) is 20.8. The van der Waals surface area contributed by atoms with Crippen LogP contribution in [0.1, 0.15) is 15.9 Å². The van der Waals surface area contributed by atoms with Crippen molar-refractivity contribution in [3.63, 3.8) is 0 Å². The number of aryl methyl sites for hydroxylation is 1. The highest BCUT2D eigenvalue weighted by Crippen LogP contribution is 2.29. The summed E-state index contributed by atoms with van der Waals surface area (Å²) >= 11 is 12.0. The van der Waals surface area contributed by atoms with Crippen LogP contribution < -0.4 is 10.6 Å². The number of anilines is 3. The fourth-order valence-electron chi connectivity index (χ4n) is 3.01. The molecule has 154 valence electrons. The van der Waals surface area contributed by atoms with E-state index in [1.165, 1.54) is 6.33 Å². The molecule has 2 aromatic carbocycles. The molecule has 0 unspecified atom stereocenters. The topological polar surface area (TPSA) is 79.8 Å². The molecule has 6 nitrogen and oxygen atoms in total. The molecular weight excluding hydrogens is 433 g/mol. The smallest absolute Gasteiger partial charge is 0.255 e. The second-order valence-electron chi connectivity index (χ2n) is 6.76. The van der Waals surface area contributed by atoms with Crippen molar-refractivity contribution in [2.75, 3.05) is 10.6 Å².